The minimum absolute atomic E-state index is 0.0931. The van der Waals surface area contributed by atoms with Crippen LogP contribution in [-0.4, -0.2) is 33.9 Å². The maximum Gasteiger partial charge on any atom is 0.366 e. The molecule has 3 rings (SSSR count). The van der Waals surface area contributed by atoms with E-state index in [1.165, 1.54) is 26.0 Å². The van der Waals surface area contributed by atoms with Gasteiger partial charge in [-0.1, -0.05) is 30.3 Å². The van der Waals surface area contributed by atoms with E-state index in [4.69, 9.17) is 9.47 Å². The van der Waals surface area contributed by atoms with Crippen LogP contribution in [0, 0.1) is 10.1 Å². The molecule has 1 atom stereocenters. The van der Waals surface area contributed by atoms with Crippen molar-refractivity contribution >= 4 is 23.5 Å². The van der Waals surface area contributed by atoms with Gasteiger partial charge in [0.25, 0.3) is 11.7 Å². The van der Waals surface area contributed by atoms with Crippen LogP contribution in [0.3, 0.4) is 0 Å². The number of nitro groups is 1. The minimum Gasteiger partial charge on any atom is -0.469 e. The number of hydrogen-bond acceptors (Lipinski definition) is 7. The maximum absolute atomic E-state index is 13.3. The zero-order valence-corrected chi connectivity index (χ0v) is 15.6. The van der Waals surface area contributed by atoms with E-state index in [2.05, 4.69) is 4.98 Å². The van der Waals surface area contributed by atoms with E-state index in [9.17, 15) is 19.7 Å². The van der Waals surface area contributed by atoms with Crippen molar-refractivity contribution in [2.75, 3.05) is 11.5 Å². The van der Waals surface area contributed by atoms with Crippen molar-refractivity contribution in [2.24, 2.45) is 0 Å². The van der Waals surface area contributed by atoms with E-state index in [0.29, 0.717) is 5.56 Å². The van der Waals surface area contributed by atoms with Crippen LogP contribution in [0.1, 0.15) is 32.4 Å². The molecule has 0 radical (unpaired) electrons. The second-order valence-electron chi connectivity index (χ2n) is 6.61. The topological polar surface area (TPSA) is 112 Å². The van der Waals surface area contributed by atoms with Crippen molar-refractivity contribution in [1.29, 1.82) is 0 Å². The lowest BCUT2D eigenvalue weighted by Gasteiger charge is -2.39. The summed E-state index contributed by atoms with van der Waals surface area (Å²) in [5, 5.41) is 11.2. The second-order valence-corrected chi connectivity index (χ2v) is 6.61. The Morgan fingerprint density at radius 1 is 1.29 bits per heavy atom. The molecule has 146 valence electrons. The van der Waals surface area contributed by atoms with Gasteiger partial charge in [0.05, 0.1) is 6.61 Å². The van der Waals surface area contributed by atoms with Crippen molar-refractivity contribution < 1.29 is 24.0 Å². The molecule has 0 spiro atoms. The molecule has 9 heteroatoms. The molecule has 28 heavy (non-hydrogen) atoms. The van der Waals surface area contributed by atoms with Gasteiger partial charge in [-0.3, -0.25) is 9.69 Å². The molecular formula is C19H19N3O6. The number of carbonyl (C=O) groups is 2. The van der Waals surface area contributed by atoms with Gasteiger partial charge >= 0.3 is 11.8 Å². The third-order valence-electron chi connectivity index (χ3n) is 4.35. The molecule has 0 aliphatic carbocycles. The lowest BCUT2D eigenvalue weighted by atomic mass is 9.98. The Balaban J connectivity index is 2.16. The van der Waals surface area contributed by atoms with Gasteiger partial charge in [0.15, 0.2) is 5.75 Å². The highest BCUT2D eigenvalue weighted by molar-refractivity contribution is 6.05. The monoisotopic (exact) mass is 385 g/mol. The number of esters is 1. The fourth-order valence-electron chi connectivity index (χ4n) is 2.96. The van der Waals surface area contributed by atoms with E-state index in [-0.39, 0.29) is 18.2 Å². The van der Waals surface area contributed by atoms with Gasteiger partial charge in [-0.15, -0.1) is 0 Å². The van der Waals surface area contributed by atoms with E-state index in [1.54, 1.807) is 37.3 Å². The number of hydrogen-bond donors (Lipinski definition) is 0. The highest BCUT2D eigenvalue weighted by atomic mass is 16.6. The Hall–Kier alpha value is -3.49. The molecule has 2 aromatic rings. The minimum atomic E-state index is -1.46. The van der Waals surface area contributed by atoms with Gasteiger partial charge in [0.1, 0.15) is 5.54 Å². The van der Waals surface area contributed by atoms with Crippen LogP contribution in [0.25, 0.3) is 0 Å². The molecule has 0 bridgehead atoms. The van der Waals surface area contributed by atoms with Crippen LogP contribution >= 0.6 is 0 Å². The van der Waals surface area contributed by atoms with Crippen LogP contribution in [-0.2, 0) is 14.3 Å². The molecule has 1 aliphatic rings. The van der Waals surface area contributed by atoms with Crippen molar-refractivity contribution in [3.8, 4) is 5.75 Å². The predicted octanol–water partition coefficient (Wildman–Crippen LogP) is 2.80. The fraction of sp³-hybridized carbons (Fsp3) is 0.316. The van der Waals surface area contributed by atoms with Gasteiger partial charge in [-0.05, 0) is 36.7 Å². The average Bonchev–Trinajstić information content (AvgIpc) is 2.67. The largest absolute Gasteiger partial charge is 0.469 e. The summed E-state index contributed by atoms with van der Waals surface area (Å²) >= 11 is 0. The molecule has 1 aliphatic heterocycles. The molecule has 0 saturated carbocycles. The summed E-state index contributed by atoms with van der Waals surface area (Å²) in [5.74, 6) is -1.61. The number of ether oxygens (including phenoxy) is 2. The van der Waals surface area contributed by atoms with Crippen LogP contribution < -0.4 is 9.64 Å². The summed E-state index contributed by atoms with van der Waals surface area (Å²) in [6.45, 7) is 4.78. The van der Waals surface area contributed by atoms with Gasteiger partial charge in [0.2, 0.25) is 6.10 Å². The molecule has 1 aromatic carbocycles. The highest BCUT2D eigenvalue weighted by Crippen LogP contribution is 2.42. The number of pyridine rings is 1. The van der Waals surface area contributed by atoms with Gasteiger partial charge in [0, 0.05) is 11.6 Å². The van der Waals surface area contributed by atoms with Crippen LogP contribution in [0.15, 0.2) is 42.5 Å². The number of fused-ring (bicyclic) bond motifs is 1. The summed E-state index contributed by atoms with van der Waals surface area (Å²) < 4.78 is 10.9. The number of rotatable bonds is 5. The lowest BCUT2D eigenvalue weighted by Crippen LogP contribution is -2.58. The Morgan fingerprint density at radius 3 is 2.57 bits per heavy atom. The molecule has 9 nitrogen and oxygen atoms in total. The molecular weight excluding hydrogens is 366 g/mol. The lowest BCUT2D eigenvalue weighted by molar-refractivity contribution is -0.389. The maximum atomic E-state index is 13.3. The third kappa shape index (κ3) is 3.26. The highest BCUT2D eigenvalue weighted by Gasteiger charge is 2.50. The standard InChI is InChI=1S/C19H19N3O6/c1-4-27-18(24)19(2,3)21-16-13(10-11-14(20-16)22(25)26)28-15(17(21)23)12-8-6-5-7-9-12/h5-11,15H,4H2,1-3H3. The quantitative estimate of drug-likeness (QED) is 0.442. The van der Waals surface area contributed by atoms with E-state index >= 15 is 0 Å². The predicted molar refractivity (Wildman–Crippen MR) is 98.9 cm³/mol. The van der Waals surface area contributed by atoms with Crippen molar-refractivity contribution in [1.82, 2.24) is 4.98 Å². The normalized spacial score (nSPS) is 16.2. The van der Waals surface area contributed by atoms with Crippen LogP contribution in [0.4, 0.5) is 11.6 Å². The van der Waals surface area contributed by atoms with Crippen molar-refractivity contribution in [2.45, 2.75) is 32.4 Å². The van der Waals surface area contributed by atoms with Crippen LogP contribution in [0.2, 0.25) is 0 Å². The first kappa shape index (κ1) is 19.3. The summed E-state index contributed by atoms with van der Waals surface area (Å²) in [5.41, 5.74) is -0.873. The summed E-state index contributed by atoms with van der Waals surface area (Å²) in [4.78, 5) is 41.4. The first-order valence-corrected chi connectivity index (χ1v) is 8.65. The second kappa shape index (κ2) is 7.26. The smallest absolute Gasteiger partial charge is 0.366 e. The summed E-state index contributed by atoms with van der Waals surface area (Å²) in [6.07, 6.45) is -1.02. The Bertz CT molecular complexity index is 929. The number of carbonyl (C=O) groups excluding carboxylic acids is 2. The number of amides is 1. The third-order valence-corrected chi connectivity index (χ3v) is 4.35. The molecule has 1 amide bonds. The fourth-order valence-corrected chi connectivity index (χ4v) is 2.96. The van der Waals surface area contributed by atoms with E-state index in [0.717, 1.165) is 4.90 Å². The molecule has 2 heterocycles. The van der Waals surface area contributed by atoms with Gasteiger partial charge in [-0.2, -0.15) is 0 Å². The van der Waals surface area contributed by atoms with E-state index in [1.807, 2.05) is 0 Å². The first-order chi connectivity index (χ1) is 13.3. The molecule has 1 unspecified atom stereocenters. The number of nitrogens with zero attached hydrogens (tertiary/aromatic N) is 3. The molecule has 0 N–H and O–H groups in total. The molecule has 0 saturated heterocycles. The Morgan fingerprint density at radius 2 is 1.96 bits per heavy atom. The summed E-state index contributed by atoms with van der Waals surface area (Å²) in [6, 6.07) is 11.3. The first-order valence-electron chi connectivity index (χ1n) is 8.65. The molecule has 0 fully saturated rings. The van der Waals surface area contributed by atoms with Crippen LogP contribution in [0.5, 0.6) is 5.75 Å². The zero-order valence-electron chi connectivity index (χ0n) is 15.6. The van der Waals surface area contributed by atoms with Crippen molar-refractivity contribution in [3.05, 3.63) is 58.1 Å². The van der Waals surface area contributed by atoms with Gasteiger partial charge in [-0.25, -0.2) is 4.79 Å². The van der Waals surface area contributed by atoms with E-state index < -0.39 is 34.3 Å². The number of aromatic nitrogens is 1. The Labute approximate surface area is 161 Å². The van der Waals surface area contributed by atoms with Gasteiger partial charge < -0.3 is 19.6 Å². The SMILES string of the molecule is CCOC(=O)C(C)(C)N1C(=O)C(c2ccccc2)Oc2ccc([N+](=O)[O-])nc21. The summed E-state index contributed by atoms with van der Waals surface area (Å²) in [7, 11) is 0. The molecule has 1 aromatic heterocycles. The zero-order chi connectivity index (χ0) is 20.5. The number of benzene rings is 1. The Kier molecular flexibility index (Phi) is 5.00. The van der Waals surface area contributed by atoms with Crippen molar-refractivity contribution in [3.63, 3.8) is 0 Å². The number of anilines is 1. The average molecular weight is 385 g/mol.